The Labute approximate surface area is 251 Å². The van der Waals surface area contributed by atoms with E-state index in [0.717, 1.165) is 60.8 Å². The number of hydrogen-bond acceptors (Lipinski definition) is 4. The highest BCUT2D eigenvalue weighted by molar-refractivity contribution is 6.42. The number of hydrogen-bond donors (Lipinski definition) is 1. The minimum atomic E-state index is -0.119. The summed E-state index contributed by atoms with van der Waals surface area (Å²) >= 11 is 12.6. The second-order valence-electron chi connectivity index (χ2n) is 10.9. The number of carbonyl (C=O) groups is 1. The van der Waals surface area contributed by atoms with E-state index in [4.69, 9.17) is 23.2 Å². The van der Waals surface area contributed by atoms with Crippen LogP contribution >= 0.6 is 23.2 Å². The first-order valence-corrected chi connectivity index (χ1v) is 14.7. The van der Waals surface area contributed by atoms with Gasteiger partial charge in [-0.25, -0.2) is 0 Å². The molecule has 1 heterocycles. The number of rotatable bonds is 8. The number of aromatic hydroxyl groups is 1. The number of phenols is 1. The molecule has 1 aliphatic rings. The number of para-hydroxylation sites is 1. The number of amides is 1. The van der Waals surface area contributed by atoms with Crippen molar-refractivity contribution in [1.82, 2.24) is 9.80 Å². The maximum absolute atomic E-state index is 13.8. The van der Waals surface area contributed by atoms with Crippen LogP contribution in [-0.2, 0) is 0 Å². The normalized spacial score (nSPS) is 15.0. The summed E-state index contributed by atoms with van der Waals surface area (Å²) in [5, 5.41) is 22.6. The van der Waals surface area contributed by atoms with E-state index in [0.29, 0.717) is 39.4 Å². The van der Waals surface area contributed by atoms with Crippen LogP contribution in [0.25, 0.3) is 10.8 Å². The molecule has 1 saturated heterocycles. The van der Waals surface area contributed by atoms with Crippen LogP contribution < -0.4 is 0 Å². The van der Waals surface area contributed by atoms with Gasteiger partial charge in [-0.1, -0.05) is 71.7 Å². The molecule has 5 rings (SSSR count). The molecule has 0 bridgehead atoms. The van der Waals surface area contributed by atoms with E-state index in [9.17, 15) is 15.2 Å². The predicted octanol–water partition coefficient (Wildman–Crippen LogP) is 7.85. The van der Waals surface area contributed by atoms with E-state index in [-0.39, 0.29) is 11.8 Å². The number of phenolic OH excluding ortho intramolecular Hbond substituents is 1. The number of halogens is 2. The smallest absolute Gasteiger partial charge is 0.254 e. The van der Waals surface area contributed by atoms with E-state index < -0.39 is 0 Å². The minimum absolute atomic E-state index is 0.0417. The molecule has 0 saturated carbocycles. The molecular weight excluding hydrogens is 553 g/mol. The largest absolute Gasteiger partial charge is 0.508 e. The van der Waals surface area contributed by atoms with Gasteiger partial charge in [-0.15, -0.1) is 0 Å². The van der Waals surface area contributed by atoms with Crippen molar-refractivity contribution in [2.45, 2.75) is 31.1 Å². The lowest BCUT2D eigenvalue weighted by Crippen LogP contribution is -2.36. The SMILES string of the molecule is CN(C[C@@H](CCN1CCC(c2ccccc2O)CC1)c1ccc(Cl)c(Cl)c1)C(=O)c1cc(C#N)cc2ccccc12. The monoisotopic (exact) mass is 585 g/mol. The Hall–Kier alpha value is -3.56. The van der Waals surface area contributed by atoms with Gasteiger partial charge in [0, 0.05) is 25.1 Å². The maximum atomic E-state index is 13.8. The Morgan fingerprint density at radius 3 is 2.49 bits per heavy atom. The number of likely N-dealkylation sites (tertiary alicyclic amines) is 1. The highest BCUT2D eigenvalue weighted by Gasteiger charge is 2.25. The summed E-state index contributed by atoms with van der Waals surface area (Å²) in [6.45, 7) is 3.28. The zero-order valence-electron chi connectivity index (χ0n) is 23.1. The average Bonchev–Trinajstić information content (AvgIpc) is 3.00. The minimum Gasteiger partial charge on any atom is -0.508 e. The van der Waals surface area contributed by atoms with Crippen LogP contribution in [-0.4, -0.2) is 54.0 Å². The molecule has 1 amide bonds. The summed E-state index contributed by atoms with van der Waals surface area (Å²) in [6.07, 6.45) is 2.83. The van der Waals surface area contributed by atoms with Crippen LogP contribution in [0, 0.1) is 11.3 Å². The van der Waals surface area contributed by atoms with Gasteiger partial charge in [0.15, 0.2) is 0 Å². The summed E-state index contributed by atoms with van der Waals surface area (Å²) in [5.41, 5.74) is 3.07. The van der Waals surface area contributed by atoms with Gasteiger partial charge in [0.2, 0.25) is 0 Å². The van der Waals surface area contributed by atoms with Crippen LogP contribution in [0.5, 0.6) is 5.75 Å². The summed E-state index contributed by atoms with van der Waals surface area (Å²) in [6, 6.07) is 26.7. The number of piperidine rings is 1. The maximum Gasteiger partial charge on any atom is 0.254 e. The van der Waals surface area contributed by atoms with Crippen molar-refractivity contribution in [2.75, 3.05) is 33.2 Å². The van der Waals surface area contributed by atoms with Crippen LogP contribution in [0.15, 0.2) is 78.9 Å². The lowest BCUT2D eigenvalue weighted by Gasteiger charge is -2.34. The highest BCUT2D eigenvalue weighted by Crippen LogP contribution is 2.34. The van der Waals surface area contributed by atoms with Crippen molar-refractivity contribution < 1.29 is 9.90 Å². The molecule has 0 radical (unpaired) electrons. The van der Waals surface area contributed by atoms with Crippen molar-refractivity contribution in [2.24, 2.45) is 0 Å². The molecule has 4 aromatic rings. The Morgan fingerprint density at radius 1 is 1.02 bits per heavy atom. The molecule has 1 fully saturated rings. The molecule has 1 N–H and O–H groups in total. The van der Waals surface area contributed by atoms with Crippen LogP contribution in [0.3, 0.4) is 0 Å². The second kappa shape index (κ2) is 13.0. The molecule has 41 heavy (non-hydrogen) atoms. The summed E-state index contributed by atoms with van der Waals surface area (Å²) in [5.74, 6) is 0.666. The Kier molecular flexibility index (Phi) is 9.15. The van der Waals surface area contributed by atoms with Crippen LogP contribution in [0.1, 0.15) is 58.1 Å². The lowest BCUT2D eigenvalue weighted by molar-refractivity contribution is 0.0783. The summed E-state index contributed by atoms with van der Waals surface area (Å²) < 4.78 is 0. The Morgan fingerprint density at radius 2 is 1.76 bits per heavy atom. The molecule has 4 aromatic carbocycles. The number of likely N-dealkylation sites (N-methyl/N-ethyl adjacent to an activating group) is 1. The van der Waals surface area contributed by atoms with Gasteiger partial charge in [0.05, 0.1) is 21.7 Å². The zero-order valence-corrected chi connectivity index (χ0v) is 24.6. The topological polar surface area (TPSA) is 67.6 Å². The number of nitriles is 1. The lowest BCUT2D eigenvalue weighted by atomic mass is 9.88. The van der Waals surface area contributed by atoms with Gasteiger partial charge >= 0.3 is 0 Å². The number of fused-ring (bicyclic) bond motifs is 1. The first kappa shape index (κ1) is 29.0. The third-order valence-corrected chi connectivity index (χ3v) is 8.97. The number of benzene rings is 4. The van der Waals surface area contributed by atoms with Crippen LogP contribution in [0.4, 0.5) is 0 Å². The molecule has 7 heteroatoms. The molecule has 1 aliphatic heterocycles. The molecule has 0 aromatic heterocycles. The Balaban J connectivity index is 1.31. The van der Waals surface area contributed by atoms with E-state index in [1.54, 1.807) is 17.0 Å². The van der Waals surface area contributed by atoms with Gasteiger partial charge < -0.3 is 14.9 Å². The van der Waals surface area contributed by atoms with E-state index in [1.165, 1.54) is 0 Å². The average molecular weight is 587 g/mol. The fourth-order valence-corrected chi connectivity index (χ4v) is 6.25. The van der Waals surface area contributed by atoms with E-state index >= 15 is 0 Å². The third kappa shape index (κ3) is 6.68. The summed E-state index contributed by atoms with van der Waals surface area (Å²) in [4.78, 5) is 18.0. The van der Waals surface area contributed by atoms with Crippen molar-refractivity contribution >= 4 is 39.9 Å². The zero-order chi connectivity index (χ0) is 28.9. The van der Waals surface area contributed by atoms with Gasteiger partial charge in [-0.05, 0) is 97.0 Å². The fourth-order valence-electron chi connectivity index (χ4n) is 5.94. The third-order valence-electron chi connectivity index (χ3n) is 8.24. The molecular formula is C34H33Cl2N3O2. The molecule has 0 spiro atoms. The molecule has 1 atom stereocenters. The van der Waals surface area contributed by atoms with Crippen molar-refractivity contribution in [3.63, 3.8) is 0 Å². The molecule has 210 valence electrons. The van der Waals surface area contributed by atoms with Gasteiger partial charge in [0.25, 0.3) is 5.91 Å². The highest BCUT2D eigenvalue weighted by atomic mass is 35.5. The van der Waals surface area contributed by atoms with Crippen LogP contribution in [0.2, 0.25) is 10.0 Å². The summed E-state index contributed by atoms with van der Waals surface area (Å²) in [7, 11) is 1.82. The quantitative estimate of drug-likeness (QED) is 0.228. The van der Waals surface area contributed by atoms with E-state index in [2.05, 4.69) is 11.0 Å². The molecule has 0 unspecified atom stereocenters. The van der Waals surface area contributed by atoms with Crippen molar-refractivity contribution in [3.8, 4) is 11.8 Å². The van der Waals surface area contributed by atoms with Crippen molar-refractivity contribution in [3.05, 3.63) is 111 Å². The first-order valence-electron chi connectivity index (χ1n) is 14.0. The second-order valence-corrected chi connectivity index (χ2v) is 11.7. The Bertz CT molecular complexity index is 1590. The number of nitrogens with zero attached hydrogens (tertiary/aromatic N) is 3. The first-order chi connectivity index (χ1) is 19.8. The molecule has 5 nitrogen and oxygen atoms in total. The van der Waals surface area contributed by atoms with Gasteiger partial charge in [0.1, 0.15) is 5.75 Å². The van der Waals surface area contributed by atoms with Gasteiger partial charge in [-0.2, -0.15) is 5.26 Å². The molecule has 0 aliphatic carbocycles. The fraction of sp³-hybridized carbons (Fsp3) is 0.294. The number of carbonyl (C=O) groups excluding carboxylic acids is 1. The predicted molar refractivity (Wildman–Crippen MR) is 166 cm³/mol. The van der Waals surface area contributed by atoms with Crippen molar-refractivity contribution in [1.29, 1.82) is 5.26 Å². The van der Waals surface area contributed by atoms with E-state index in [1.807, 2.05) is 73.8 Å². The standard InChI is InChI=1S/C34H33Cl2N3O2/c1-38(34(41)30-19-23(21-37)18-26-6-2-3-7-28(26)30)22-27(25-10-11-31(35)32(36)20-25)14-17-39-15-12-24(13-16-39)29-8-4-5-9-33(29)40/h2-11,18-20,24,27,40H,12-17,22H2,1H3/t27-/m1/s1. The van der Waals surface area contributed by atoms with Gasteiger partial charge in [-0.3, -0.25) is 4.79 Å².